The predicted octanol–water partition coefficient (Wildman–Crippen LogP) is 5.77. The summed E-state index contributed by atoms with van der Waals surface area (Å²) in [6.45, 7) is 8.58. The molecule has 1 atom stereocenters. The van der Waals surface area contributed by atoms with E-state index in [1.165, 1.54) is 11.8 Å². The molecule has 0 aliphatic heterocycles. The number of carbonyl (C=O) groups is 2. The van der Waals surface area contributed by atoms with Gasteiger partial charge in [-0.3, -0.25) is 9.59 Å². The Morgan fingerprint density at radius 3 is 2.44 bits per heavy atom. The van der Waals surface area contributed by atoms with Crippen LogP contribution in [0.15, 0.2) is 47.6 Å². The molecule has 0 saturated carbocycles. The van der Waals surface area contributed by atoms with Crippen molar-refractivity contribution < 1.29 is 9.59 Å². The number of nitrogens with zero attached hydrogens (tertiary/aromatic N) is 3. The first-order chi connectivity index (χ1) is 16.2. The zero-order valence-corrected chi connectivity index (χ0v) is 21.8. The summed E-state index contributed by atoms with van der Waals surface area (Å²) >= 11 is 13.4. The van der Waals surface area contributed by atoms with E-state index in [0.717, 1.165) is 5.56 Å². The second-order valence-electron chi connectivity index (χ2n) is 8.11. The van der Waals surface area contributed by atoms with Crippen LogP contribution in [0, 0.1) is 12.8 Å². The number of anilines is 1. The topological polar surface area (TPSA) is 88.9 Å². The highest BCUT2D eigenvalue weighted by atomic mass is 35.5. The monoisotopic (exact) mass is 519 g/mol. The molecule has 0 spiro atoms. The molecule has 10 heteroatoms. The minimum absolute atomic E-state index is 0.0787. The number of amides is 2. The molecule has 0 unspecified atom stereocenters. The van der Waals surface area contributed by atoms with E-state index in [-0.39, 0.29) is 29.5 Å². The lowest BCUT2D eigenvalue weighted by Gasteiger charge is -2.22. The second kappa shape index (κ2) is 11.7. The molecular formula is C24H27Cl2N5O2S. The Kier molecular flexibility index (Phi) is 8.99. The largest absolute Gasteiger partial charge is 0.342 e. The van der Waals surface area contributed by atoms with Crippen LogP contribution in [0.1, 0.15) is 48.6 Å². The van der Waals surface area contributed by atoms with Crippen LogP contribution in [0.3, 0.4) is 0 Å². The summed E-state index contributed by atoms with van der Waals surface area (Å²) in [5.74, 6) is 0.433. The van der Waals surface area contributed by atoms with Crippen LogP contribution in [0.25, 0.3) is 0 Å². The normalized spacial score (nSPS) is 12.0. The van der Waals surface area contributed by atoms with Gasteiger partial charge in [0.1, 0.15) is 0 Å². The molecule has 0 saturated heterocycles. The summed E-state index contributed by atoms with van der Waals surface area (Å²) in [5.41, 5.74) is 2.13. The molecule has 3 rings (SSSR count). The van der Waals surface area contributed by atoms with Gasteiger partial charge in [0.2, 0.25) is 5.91 Å². The molecule has 0 radical (unpaired) electrons. The van der Waals surface area contributed by atoms with Crippen molar-refractivity contribution in [3.63, 3.8) is 0 Å². The minimum Gasteiger partial charge on any atom is -0.342 e. The van der Waals surface area contributed by atoms with E-state index in [1.54, 1.807) is 30.3 Å². The molecule has 0 aliphatic rings. The van der Waals surface area contributed by atoms with E-state index in [0.29, 0.717) is 38.8 Å². The maximum atomic E-state index is 12.8. The SMILES string of the molecule is CCn1c(SCC(=O)Nc2cc(Cl)ccc2Cl)nnc1[C@H](NC(=O)c1ccc(C)cc1)C(C)C. The summed E-state index contributed by atoms with van der Waals surface area (Å²) in [7, 11) is 0. The van der Waals surface area contributed by atoms with E-state index >= 15 is 0 Å². The fraction of sp³-hybridized carbons (Fsp3) is 0.333. The van der Waals surface area contributed by atoms with E-state index in [4.69, 9.17) is 23.2 Å². The average Bonchev–Trinajstić information content (AvgIpc) is 3.21. The van der Waals surface area contributed by atoms with E-state index < -0.39 is 0 Å². The van der Waals surface area contributed by atoms with Crippen molar-refractivity contribution in [3.8, 4) is 0 Å². The Bertz CT molecular complexity index is 1160. The molecule has 1 heterocycles. The maximum Gasteiger partial charge on any atom is 0.251 e. The van der Waals surface area contributed by atoms with Crippen LogP contribution in [0.5, 0.6) is 0 Å². The Morgan fingerprint density at radius 1 is 1.09 bits per heavy atom. The van der Waals surface area contributed by atoms with Crippen molar-refractivity contribution in [2.24, 2.45) is 5.92 Å². The Labute approximate surface area is 213 Å². The summed E-state index contributed by atoms with van der Waals surface area (Å²) in [6, 6.07) is 12.0. The number of carbonyl (C=O) groups excluding carboxylic acids is 2. The van der Waals surface area contributed by atoms with Crippen LogP contribution < -0.4 is 10.6 Å². The van der Waals surface area contributed by atoms with Crippen LogP contribution in [-0.4, -0.2) is 32.3 Å². The van der Waals surface area contributed by atoms with Crippen LogP contribution in [-0.2, 0) is 11.3 Å². The number of rotatable bonds is 9. The van der Waals surface area contributed by atoms with Crippen LogP contribution in [0.4, 0.5) is 5.69 Å². The van der Waals surface area contributed by atoms with Gasteiger partial charge >= 0.3 is 0 Å². The van der Waals surface area contributed by atoms with Gasteiger partial charge in [-0.05, 0) is 50.1 Å². The zero-order valence-electron chi connectivity index (χ0n) is 19.4. The average molecular weight is 520 g/mol. The summed E-state index contributed by atoms with van der Waals surface area (Å²) in [5, 5.41) is 16.0. The van der Waals surface area contributed by atoms with Gasteiger partial charge in [0.25, 0.3) is 5.91 Å². The molecule has 2 amide bonds. The van der Waals surface area contributed by atoms with E-state index in [2.05, 4.69) is 20.8 Å². The van der Waals surface area contributed by atoms with Crippen molar-refractivity contribution in [2.45, 2.75) is 45.4 Å². The van der Waals surface area contributed by atoms with Gasteiger partial charge in [0, 0.05) is 17.1 Å². The molecule has 7 nitrogen and oxygen atoms in total. The Morgan fingerprint density at radius 2 is 1.79 bits per heavy atom. The predicted molar refractivity (Wildman–Crippen MR) is 138 cm³/mol. The Hall–Kier alpha value is -2.55. The molecule has 0 fully saturated rings. The molecule has 2 aromatic carbocycles. The third-order valence-electron chi connectivity index (χ3n) is 5.14. The lowest BCUT2D eigenvalue weighted by molar-refractivity contribution is -0.113. The van der Waals surface area contributed by atoms with E-state index in [9.17, 15) is 9.59 Å². The summed E-state index contributed by atoms with van der Waals surface area (Å²) in [4.78, 5) is 25.3. The summed E-state index contributed by atoms with van der Waals surface area (Å²) < 4.78 is 1.92. The van der Waals surface area contributed by atoms with Crippen LogP contribution in [0.2, 0.25) is 10.0 Å². The van der Waals surface area contributed by atoms with Crippen LogP contribution >= 0.6 is 35.0 Å². The summed E-state index contributed by atoms with van der Waals surface area (Å²) in [6.07, 6.45) is 0. The molecule has 2 N–H and O–H groups in total. The molecule has 34 heavy (non-hydrogen) atoms. The van der Waals surface area contributed by atoms with Gasteiger partial charge in [0.15, 0.2) is 11.0 Å². The van der Waals surface area contributed by atoms with E-state index in [1.807, 2.05) is 44.4 Å². The third-order valence-corrected chi connectivity index (χ3v) is 6.67. The van der Waals surface area contributed by atoms with Gasteiger partial charge in [-0.2, -0.15) is 0 Å². The number of thioether (sulfide) groups is 1. The highest BCUT2D eigenvalue weighted by Gasteiger charge is 2.26. The third kappa shape index (κ3) is 6.52. The maximum absolute atomic E-state index is 12.8. The lowest BCUT2D eigenvalue weighted by atomic mass is 10.0. The van der Waals surface area contributed by atoms with Gasteiger partial charge in [-0.1, -0.05) is 66.5 Å². The number of hydrogen-bond acceptors (Lipinski definition) is 5. The van der Waals surface area contributed by atoms with Gasteiger partial charge in [-0.15, -0.1) is 10.2 Å². The van der Waals surface area contributed by atoms with Crippen molar-refractivity contribution >= 4 is 52.5 Å². The molecule has 0 aliphatic carbocycles. The molecule has 3 aromatic rings. The highest BCUT2D eigenvalue weighted by Crippen LogP contribution is 2.27. The first kappa shape index (κ1) is 26.1. The fourth-order valence-corrected chi connectivity index (χ4v) is 4.45. The van der Waals surface area contributed by atoms with Crippen molar-refractivity contribution in [3.05, 3.63) is 69.5 Å². The molecular weight excluding hydrogens is 493 g/mol. The first-order valence-corrected chi connectivity index (χ1v) is 12.6. The van der Waals surface area contributed by atoms with Gasteiger partial charge in [-0.25, -0.2) is 0 Å². The smallest absolute Gasteiger partial charge is 0.251 e. The first-order valence-electron chi connectivity index (χ1n) is 10.9. The number of aryl methyl sites for hydroxylation is 1. The minimum atomic E-state index is -0.338. The van der Waals surface area contributed by atoms with Gasteiger partial charge < -0.3 is 15.2 Å². The molecule has 1 aromatic heterocycles. The number of hydrogen-bond donors (Lipinski definition) is 2. The van der Waals surface area contributed by atoms with Crippen molar-refractivity contribution in [2.75, 3.05) is 11.1 Å². The fourth-order valence-electron chi connectivity index (χ4n) is 3.30. The number of halogens is 2. The number of aromatic nitrogens is 3. The number of benzene rings is 2. The highest BCUT2D eigenvalue weighted by molar-refractivity contribution is 7.99. The van der Waals surface area contributed by atoms with Crippen molar-refractivity contribution in [1.82, 2.24) is 20.1 Å². The molecule has 0 bridgehead atoms. The molecule has 180 valence electrons. The van der Waals surface area contributed by atoms with Gasteiger partial charge in [0.05, 0.1) is 22.5 Å². The lowest BCUT2D eigenvalue weighted by Crippen LogP contribution is -2.33. The van der Waals surface area contributed by atoms with Crippen molar-refractivity contribution in [1.29, 1.82) is 0 Å². The standard InChI is InChI=1S/C24H27Cl2N5O2S/c1-5-31-22(21(14(2)3)28-23(33)16-8-6-15(4)7-9-16)29-30-24(31)34-13-20(32)27-19-12-17(25)10-11-18(19)26/h6-12,14,21H,5,13H2,1-4H3,(H,27,32)(H,28,33)/t21-/m1/s1. The zero-order chi connectivity index (χ0) is 24.8. The quantitative estimate of drug-likeness (QED) is 0.350. The second-order valence-corrected chi connectivity index (χ2v) is 9.89. The number of nitrogens with one attached hydrogen (secondary N) is 2. The Balaban J connectivity index is 1.72.